The summed E-state index contributed by atoms with van der Waals surface area (Å²) in [7, 11) is 0. The first-order valence-corrected chi connectivity index (χ1v) is 1.62. The van der Waals surface area contributed by atoms with Crippen LogP contribution in [0.15, 0.2) is 24.3 Å². The summed E-state index contributed by atoms with van der Waals surface area (Å²) in [6.45, 7) is 0. The van der Waals surface area contributed by atoms with E-state index in [0.29, 0.717) is 0 Å². The highest BCUT2D eigenvalue weighted by Gasteiger charge is 1.90. The predicted octanol–water partition coefficient (Wildman–Crippen LogP) is 0.929. The Morgan fingerprint density at radius 3 is 2.67 bits per heavy atom. The van der Waals surface area contributed by atoms with Crippen LogP contribution >= 0.6 is 0 Å². The summed E-state index contributed by atoms with van der Waals surface area (Å²) in [5, 5.41) is 3.45. The third-order valence-electron chi connectivity index (χ3n) is 0.518. The molecule has 0 saturated heterocycles. The molecule has 6 heavy (non-hydrogen) atoms. The van der Waals surface area contributed by atoms with Gasteiger partial charge in [-0.15, -0.1) is 0 Å². The maximum Gasteiger partial charge on any atom is 0.142 e. The summed E-state index contributed by atoms with van der Waals surface area (Å²) >= 11 is 0. The minimum absolute atomic E-state index is 0.269. The number of nitrogens with zero attached hydrogens (tertiary/aromatic N) is 1. The zero-order chi connectivity index (χ0) is 4.41. The van der Waals surface area contributed by atoms with Gasteiger partial charge in [-0.1, -0.05) is 0 Å². The lowest BCUT2D eigenvalue weighted by molar-refractivity contribution is 0.667. The molecule has 1 aliphatic rings. The molecule has 0 aromatic carbocycles. The first kappa shape index (κ1) is 3.40. The van der Waals surface area contributed by atoms with Crippen LogP contribution in [0.2, 0.25) is 0 Å². The summed E-state index contributed by atoms with van der Waals surface area (Å²) in [6.07, 6.45) is 3.88. The van der Waals surface area contributed by atoms with E-state index in [1.165, 1.54) is 18.5 Å². The highest BCUT2D eigenvalue weighted by molar-refractivity contribution is 5.16. The monoisotopic (exact) mass is 84.0 g/mol. The Kier molecular flexibility index (Phi) is 0.638. The van der Waals surface area contributed by atoms with Gasteiger partial charge in [0.1, 0.15) is 5.83 Å². The smallest absolute Gasteiger partial charge is 0.142 e. The predicted molar refractivity (Wildman–Crippen MR) is 20.5 cm³/mol. The van der Waals surface area contributed by atoms with Crippen molar-refractivity contribution in [2.75, 3.05) is 0 Å². The van der Waals surface area contributed by atoms with E-state index in [1.54, 1.807) is 0 Å². The van der Waals surface area contributed by atoms with Crippen molar-refractivity contribution in [3.8, 4) is 0 Å². The van der Waals surface area contributed by atoms with Gasteiger partial charge in [0.25, 0.3) is 0 Å². The van der Waals surface area contributed by atoms with Gasteiger partial charge in [0.2, 0.25) is 0 Å². The molecular formula is C4H3FN. The van der Waals surface area contributed by atoms with Gasteiger partial charge in [0.05, 0.1) is 6.20 Å². The Morgan fingerprint density at radius 1 is 1.67 bits per heavy atom. The first-order chi connectivity index (χ1) is 2.89. The standard InChI is InChI=1S/C4H3FN/c5-4-1-2-6-3-4/h1-3H. The van der Waals surface area contributed by atoms with Gasteiger partial charge in [0, 0.05) is 6.20 Å². The fourth-order valence-corrected chi connectivity index (χ4v) is 0.272. The van der Waals surface area contributed by atoms with Crippen LogP contribution in [0.5, 0.6) is 0 Å². The van der Waals surface area contributed by atoms with Gasteiger partial charge in [-0.25, -0.2) is 4.39 Å². The molecule has 0 spiro atoms. The van der Waals surface area contributed by atoms with Crippen molar-refractivity contribution in [3.63, 3.8) is 0 Å². The van der Waals surface area contributed by atoms with Gasteiger partial charge < -0.3 is 0 Å². The number of halogens is 1. The SMILES string of the molecule is FC1=C[N]C=C1. The Hall–Kier alpha value is -0.790. The van der Waals surface area contributed by atoms with Gasteiger partial charge in [-0.2, -0.15) is 0 Å². The third kappa shape index (κ3) is 0.407. The van der Waals surface area contributed by atoms with Crippen LogP contribution in [-0.4, -0.2) is 0 Å². The van der Waals surface area contributed by atoms with Gasteiger partial charge in [-0.05, 0) is 6.08 Å². The third-order valence-corrected chi connectivity index (χ3v) is 0.518. The Morgan fingerprint density at radius 2 is 2.50 bits per heavy atom. The van der Waals surface area contributed by atoms with Crippen LogP contribution in [0.3, 0.4) is 0 Å². The molecule has 0 unspecified atom stereocenters. The Balaban J connectivity index is 2.68. The van der Waals surface area contributed by atoms with Gasteiger partial charge >= 0.3 is 0 Å². The van der Waals surface area contributed by atoms with E-state index in [0.717, 1.165) is 0 Å². The first-order valence-electron chi connectivity index (χ1n) is 1.62. The maximum absolute atomic E-state index is 11.6. The van der Waals surface area contributed by atoms with E-state index in [9.17, 15) is 4.39 Å². The fraction of sp³-hybridized carbons (Fsp3) is 0. The molecule has 0 bridgehead atoms. The highest BCUT2D eigenvalue weighted by Crippen LogP contribution is 2.00. The highest BCUT2D eigenvalue weighted by atomic mass is 19.1. The Labute approximate surface area is 35.2 Å². The van der Waals surface area contributed by atoms with Crippen molar-refractivity contribution in [2.45, 2.75) is 0 Å². The lowest BCUT2D eigenvalue weighted by Crippen LogP contribution is -1.69. The van der Waals surface area contributed by atoms with Crippen LogP contribution < -0.4 is 5.32 Å². The summed E-state index contributed by atoms with van der Waals surface area (Å²) < 4.78 is 11.6. The molecule has 0 aliphatic carbocycles. The topological polar surface area (TPSA) is 14.1 Å². The van der Waals surface area contributed by atoms with Crippen molar-refractivity contribution >= 4 is 0 Å². The summed E-state index contributed by atoms with van der Waals surface area (Å²) in [5.41, 5.74) is 0. The average Bonchev–Trinajstić information content (AvgIpc) is 1.86. The van der Waals surface area contributed by atoms with E-state index in [-0.39, 0.29) is 5.83 Å². The van der Waals surface area contributed by atoms with Crippen LogP contribution in [0.4, 0.5) is 4.39 Å². The molecule has 2 heteroatoms. The van der Waals surface area contributed by atoms with Crippen molar-refractivity contribution in [3.05, 3.63) is 24.3 Å². The Bertz CT molecular complexity index is 101. The lowest BCUT2D eigenvalue weighted by Gasteiger charge is -1.66. The zero-order valence-electron chi connectivity index (χ0n) is 3.06. The molecule has 1 nitrogen and oxygen atoms in total. The molecule has 1 radical (unpaired) electrons. The van der Waals surface area contributed by atoms with Crippen molar-refractivity contribution in [1.29, 1.82) is 0 Å². The number of hydrogen-bond acceptors (Lipinski definition) is 0. The second-order valence-corrected chi connectivity index (χ2v) is 0.979. The normalized spacial score (nSPS) is 17.2. The molecule has 0 aromatic heterocycles. The summed E-state index contributed by atoms with van der Waals surface area (Å²) in [5.74, 6) is -0.269. The molecule has 1 rings (SSSR count). The number of allylic oxidation sites excluding steroid dienone is 2. The van der Waals surface area contributed by atoms with Crippen LogP contribution in [0.25, 0.3) is 0 Å². The molecule has 1 heterocycles. The average molecular weight is 84.1 g/mol. The largest absolute Gasteiger partial charge is 0.262 e. The van der Waals surface area contributed by atoms with Gasteiger partial charge in [0.15, 0.2) is 0 Å². The maximum atomic E-state index is 11.6. The van der Waals surface area contributed by atoms with Gasteiger partial charge in [-0.3, -0.25) is 5.32 Å². The molecule has 31 valence electrons. The van der Waals surface area contributed by atoms with E-state index in [1.807, 2.05) is 0 Å². The fourth-order valence-electron chi connectivity index (χ4n) is 0.272. The molecular weight excluding hydrogens is 81.0 g/mol. The summed E-state index contributed by atoms with van der Waals surface area (Å²) in [4.78, 5) is 0. The number of rotatable bonds is 0. The van der Waals surface area contributed by atoms with Crippen LogP contribution in [0.1, 0.15) is 0 Å². The van der Waals surface area contributed by atoms with E-state index in [2.05, 4.69) is 5.32 Å². The second kappa shape index (κ2) is 1.12. The number of hydrogen-bond donors (Lipinski definition) is 0. The zero-order valence-corrected chi connectivity index (χ0v) is 3.06. The summed E-state index contributed by atoms with van der Waals surface area (Å²) in [6, 6.07) is 0. The van der Waals surface area contributed by atoms with E-state index in [4.69, 9.17) is 0 Å². The van der Waals surface area contributed by atoms with Crippen molar-refractivity contribution in [2.24, 2.45) is 0 Å². The quantitative estimate of drug-likeness (QED) is 0.414. The van der Waals surface area contributed by atoms with Crippen LogP contribution in [-0.2, 0) is 0 Å². The molecule has 0 fully saturated rings. The molecule has 0 saturated carbocycles. The molecule has 1 aliphatic heterocycles. The molecule has 0 amide bonds. The molecule has 0 atom stereocenters. The van der Waals surface area contributed by atoms with E-state index < -0.39 is 0 Å². The van der Waals surface area contributed by atoms with Crippen molar-refractivity contribution in [1.82, 2.24) is 5.32 Å². The van der Waals surface area contributed by atoms with Crippen LogP contribution in [0, 0.1) is 0 Å². The lowest BCUT2D eigenvalue weighted by atomic mass is 10.6. The minimum Gasteiger partial charge on any atom is -0.262 e. The molecule has 0 N–H and O–H groups in total. The molecule has 0 aromatic rings. The minimum atomic E-state index is -0.269. The van der Waals surface area contributed by atoms with E-state index >= 15 is 0 Å². The second-order valence-electron chi connectivity index (χ2n) is 0.979. The van der Waals surface area contributed by atoms with Crippen molar-refractivity contribution < 1.29 is 4.39 Å².